The maximum atomic E-state index is 13.5. The van der Waals surface area contributed by atoms with Crippen LogP contribution in [0.15, 0.2) is 42.5 Å². The minimum Gasteiger partial charge on any atom is -0.487 e. The minimum atomic E-state index is -0.944. The quantitative estimate of drug-likeness (QED) is 0.572. The summed E-state index contributed by atoms with van der Waals surface area (Å²) >= 11 is 0. The second-order valence-electron chi connectivity index (χ2n) is 7.45. The summed E-state index contributed by atoms with van der Waals surface area (Å²) in [5, 5.41) is 12.6. The number of carboxylic acid groups (broad SMARTS) is 1. The molecule has 162 valence electrons. The van der Waals surface area contributed by atoms with E-state index in [1.807, 2.05) is 31.2 Å². The number of hydrogen-bond donors (Lipinski definition) is 2. The number of nitrogens with one attached hydrogen (secondary N) is 1. The monoisotopic (exact) mass is 416 g/mol. The van der Waals surface area contributed by atoms with Gasteiger partial charge in [0, 0.05) is 37.9 Å². The molecule has 2 aromatic rings. The molecule has 0 fully saturated rings. The molecule has 0 amide bonds. The Hall–Kier alpha value is -2.80. The first-order valence-corrected chi connectivity index (χ1v) is 10.3. The molecule has 2 aromatic carbocycles. The first-order valence-electron chi connectivity index (χ1n) is 10.3. The molecule has 0 saturated heterocycles. The van der Waals surface area contributed by atoms with Crippen molar-refractivity contribution in [3.8, 4) is 5.75 Å². The van der Waals surface area contributed by atoms with E-state index in [4.69, 9.17) is 9.47 Å². The largest absolute Gasteiger partial charge is 0.487 e. The molecule has 2 atom stereocenters. The fourth-order valence-corrected chi connectivity index (χ4v) is 3.61. The van der Waals surface area contributed by atoms with Crippen LogP contribution in [0, 0.1) is 5.82 Å². The van der Waals surface area contributed by atoms with Crippen LogP contribution in [0.4, 0.5) is 15.8 Å². The summed E-state index contributed by atoms with van der Waals surface area (Å²) in [5.74, 6) is -0.631. The fourth-order valence-electron chi connectivity index (χ4n) is 3.61. The van der Waals surface area contributed by atoms with Crippen molar-refractivity contribution in [3.05, 3.63) is 53.8 Å². The summed E-state index contributed by atoms with van der Waals surface area (Å²) in [7, 11) is 0. The van der Waals surface area contributed by atoms with Gasteiger partial charge in [-0.05, 0) is 50.1 Å². The molecule has 1 heterocycles. The molecule has 0 radical (unpaired) electrons. The topological polar surface area (TPSA) is 71.0 Å². The van der Waals surface area contributed by atoms with Gasteiger partial charge in [0.15, 0.2) is 6.10 Å². The van der Waals surface area contributed by atoms with E-state index in [2.05, 4.69) is 10.2 Å². The lowest BCUT2D eigenvalue weighted by atomic mass is 10.1. The number of carboxylic acids is 1. The average Bonchev–Trinajstić information content (AvgIpc) is 2.71. The fraction of sp³-hybridized carbons (Fsp3) is 0.435. The Morgan fingerprint density at radius 3 is 2.80 bits per heavy atom. The number of fused-ring (bicyclic) bond motifs is 1. The molecule has 30 heavy (non-hydrogen) atoms. The summed E-state index contributed by atoms with van der Waals surface area (Å²) in [6.07, 6.45) is 0.460. The lowest BCUT2D eigenvalue weighted by Gasteiger charge is -2.35. The second kappa shape index (κ2) is 10.3. The van der Waals surface area contributed by atoms with E-state index in [1.165, 1.54) is 12.1 Å². The molecule has 0 spiro atoms. The summed E-state index contributed by atoms with van der Waals surface area (Å²) < 4.78 is 24.5. The maximum Gasteiger partial charge on any atom is 0.333 e. The number of aliphatic carboxylic acids is 1. The van der Waals surface area contributed by atoms with E-state index in [1.54, 1.807) is 13.0 Å². The highest BCUT2D eigenvalue weighted by Gasteiger charge is 2.23. The van der Waals surface area contributed by atoms with Gasteiger partial charge < -0.3 is 24.8 Å². The van der Waals surface area contributed by atoms with Crippen LogP contribution in [0.2, 0.25) is 0 Å². The number of hydrogen-bond acceptors (Lipinski definition) is 5. The zero-order valence-electron chi connectivity index (χ0n) is 17.4. The molecule has 0 bridgehead atoms. The van der Waals surface area contributed by atoms with Crippen molar-refractivity contribution in [1.82, 2.24) is 0 Å². The Labute approximate surface area is 176 Å². The number of ether oxygens (including phenoxy) is 2. The number of carbonyl (C=O) groups is 1. The summed E-state index contributed by atoms with van der Waals surface area (Å²) in [4.78, 5) is 13.4. The molecule has 6 nitrogen and oxygen atoms in total. The molecule has 7 heteroatoms. The Morgan fingerprint density at radius 1 is 1.33 bits per heavy atom. The van der Waals surface area contributed by atoms with Gasteiger partial charge >= 0.3 is 5.97 Å². The molecular formula is C23H29FN2O4. The van der Waals surface area contributed by atoms with Gasteiger partial charge in [0.2, 0.25) is 0 Å². The Balaban J connectivity index is 1.47. The third-order valence-electron chi connectivity index (χ3n) is 5.02. The highest BCUT2D eigenvalue weighted by Crippen LogP contribution is 2.33. The van der Waals surface area contributed by atoms with Crippen LogP contribution >= 0.6 is 0 Å². The normalized spacial score (nSPS) is 16.5. The summed E-state index contributed by atoms with van der Waals surface area (Å²) in [6.45, 7) is 6.55. The van der Waals surface area contributed by atoms with Crippen molar-refractivity contribution in [2.45, 2.75) is 38.9 Å². The van der Waals surface area contributed by atoms with Gasteiger partial charge in [-0.2, -0.15) is 0 Å². The standard InChI is InChI=1S/C23H29FN2O4/c1-3-29-22(23(27)28)13-17-5-8-19(9-6-17)25-11-4-12-26-15-16(2)30-21-14-18(24)7-10-20(21)26/h5-10,14,16,22,25H,3-4,11-13,15H2,1-2H3,(H,27,28). The number of benzene rings is 2. The van der Waals surface area contributed by atoms with Crippen molar-refractivity contribution in [2.75, 3.05) is 36.5 Å². The molecular weight excluding hydrogens is 387 g/mol. The van der Waals surface area contributed by atoms with Crippen molar-refractivity contribution in [2.24, 2.45) is 0 Å². The van der Waals surface area contributed by atoms with Crippen LogP contribution < -0.4 is 15.0 Å². The highest BCUT2D eigenvalue weighted by atomic mass is 19.1. The van der Waals surface area contributed by atoms with Crippen LogP contribution in [-0.2, 0) is 16.0 Å². The van der Waals surface area contributed by atoms with E-state index in [0.29, 0.717) is 18.8 Å². The zero-order chi connectivity index (χ0) is 21.5. The molecule has 3 rings (SSSR count). The first-order chi connectivity index (χ1) is 14.5. The van der Waals surface area contributed by atoms with E-state index < -0.39 is 12.1 Å². The van der Waals surface area contributed by atoms with Crippen LogP contribution in [0.3, 0.4) is 0 Å². The summed E-state index contributed by atoms with van der Waals surface area (Å²) in [5.41, 5.74) is 2.84. The van der Waals surface area contributed by atoms with Gasteiger partial charge in [-0.1, -0.05) is 12.1 Å². The van der Waals surface area contributed by atoms with Gasteiger partial charge in [-0.15, -0.1) is 0 Å². The van der Waals surface area contributed by atoms with E-state index >= 15 is 0 Å². The number of halogens is 1. The van der Waals surface area contributed by atoms with Crippen LogP contribution in [0.5, 0.6) is 5.75 Å². The van der Waals surface area contributed by atoms with Crippen LogP contribution in [0.25, 0.3) is 0 Å². The molecule has 1 aliphatic heterocycles. The highest BCUT2D eigenvalue weighted by molar-refractivity contribution is 5.72. The van der Waals surface area contributed by atoms with E-state index in [9.17, 15) is 14.3 Å². The number of nitrogens with zero attached hydrogens (tertiary/aromatic N) is 1. The Bertz CT molecular complexity index is 844. The summed E-state index contributed by atoms with van der Waals surface area (Å²) in [6, 6.07) is 12.4. The third-order valence-corrected chi connectivity index (χ3v) is 5.02. The van der Waals surface area contributed by atoms with Crippen molar-refractivity contribution in [3.63, 3.8) is 0 Å². The number of rotatable bonds is 10. The zero-order valence-corrected chi connectivity index (χ0v) is 17.4. The minimum absolute atomic E-state index is 0.0196. The number of anilines is 2. The first kappa shape index (κ1) is 21.9. The average molecular weight is 416 g/mol. The molecule has 2 unspecified atom stereocenters. The van der Waals surface area contributed by atoms with Crippen molar-refractivity contribution < 1.29 is 23.8 Å². The van der Waals surface area contributed by atoms with Gasteiger partial charge in [0.05, 0.1) is 12.2 Å². The molecule has 0 aromatic heterocycles. The second-order valence-corrected chi connectivity index (χ2v) is 7.45. The van der Waals surface area contributed by atoms with Crippen LogP contribution in [-0.4, -0.2) is 49.5 Å². The lowest BCUT2D eigenvalue weighted by Crippen LogP contribution is -2.39. The predicted octanol–water partition coefficient (Wildman–Crippen LogP) is 3.95. The third kappa shape index (κ3) is 5.86. The van der Waals surface area contributed by atoms with Crippen molar-refractivity contribution in [1.29, 1.82) is 0 Å². The van der Waals surface area contributed by atoms with Crippen LogP contribution in [0.1, 0.15) is 25.8 Å². The smallest absolute Gasteiger partial charge is 0.333 e. The Morgan fingerprint density at radius 2 is 2.10 bits per heavy atom. The molecule has 1 aliphatic rings. The maximum absolute atomic E-state index is 13.5. The Kier molecular flexibility index (Phi) is 7.52. The predicted molar refractivity (Wildman–Crippen MR) is 115 cm³/mol. The van der Waals surface area contributed by atoms with Gasteiger partial charge in [-0.3, -0.25) is 0 Å². The van der Waals surface area contributed by atoms with Gasteiger partial charge in [0.1, 0.15) is 17.7 Å². The van der Waals surface area contributed by atoms with Gasteiger partial charge in [-0.25, -0.2) is 9.18 Å². The van der Waals surface area contributed by atoms with Crippen molar-refractivity contribution >= 4 is 17.3 Å². The molecule has 2 N–H and O–H groups in total. The molecule has 0 saturated carbocycles. The SMILES string of the molecule is CCOC(Cc1ccc(NCCCN2CC(C)Oc3cc(F)ccc32)cc1)C(=O)O. The molecule has 0 aliphatic carbocycles. The lowest BCUT2D eigenvalue weighted by molar-refractivity contribution is -0.149. The van der Waals surface area contributed by atoms with Gasteiger partial charge in [0.25, 0.3) is 0 Å². The van der Waals surface area contributed by atoms with E-state index in [-0.39, 0.29) is 11.9 Å². The van der Waals surface area contributed by atoms with E-state index in [0.717, 1.165) is 43.0 Å².